The Morgan fingerprint density at radius 3 is 1.88 bits per heavy atom. The summed E-state index contributed by atoms with van der Waals surface area (Å²) in [5.74, 6) is -0.556. The van der Waals surface area contributed by atoms with Crippen LogP contribution in [0.2, 0.25) is 0 Å². The molecule has 1 aromatic heterocycles. The van der Waals surface area contributed by atoms with Crippen LogP contribution in [0.4, 0.5) is 0 Å². The molecule has 25 heavy (non-hydrogen) atoms. The number of nitrogens with zero attached hydrogens (tertiary/aromatic N) is 2. The third-order valence-corrected chi connectivity index (χ3v) is 4.13. The lowest BCUT2D eigenvalue weighted by Gasteiger charge is -2.12. The van der Waals surface area contributed by atoms with E-state index in [9.17, 15) is 9.59 Å². The van der Waals surface area contributed by atoms with E-state index in [1.165, 1.54) is 0 Å². The van der Waals surface area contributed by atoms with Crippen LogP contribution in [-0.4, -0.2) is 15.3 Å². The number of fused-ring (bicyclic) bond motifs is 1. The number of aromatic nitrogens is 2. The second-order valence-corrected chi connectivity index (χ2v) is 5.70. The zero-order valence-corrected chi connectivity index (χ0v) is 13.3. The van der Waals surface area contributed by atoms with E-state index in [0.717, 1.165) is 11.4 Å². The molecule has 0 aliphatic rings. The summed E-state index contributed by atoms with van der Waals surface area (Å²) < 4.78 is 3.45. The average Bonchev–Trinajstić information content (AvgIpc) is 2.95. The maximum absolute atomic E-state index is 13.1. The Morgan fingerprint density at radius 1 is 0.760 bits per heavy atom. The van der Waals surface area contributed by atoms with Gasteiger partial charge in [-0.15, -0.1) is 0 Å². The first-order valence-electron chi connectivity index (χ1n) is 7.85. The largest absolute Gasteiger partial charge is 0.366 e. The second kappa shape index (κ2) is 5.79. The van der Waals surface area contributed by atoms with E-state index in [0.29, 0.717) is 16.5 Å². The minimum absolute atomic E-state index is 0.201. The fraction of sp³-hybridized carbons (Fsp3) is 0. The zero-order valence-electron chi connectivity index (χ0n) is 13.3. The smallest absolute Gasteiger partial charge is 0.279 e. The first kappa shape index (κ1) is 15.0. The molecule has 5 nitrogen and oxygen atoms in total. The number of hydrogen-bond donors (Lipinski definition) is 1. The Hall–Kier alpha value is -3.60. The van der Waals surface area contributed by atoms with Crippen molar-refractivity contribution in [2.24, 2.45) is 5.73 Å². The molecule has 122 valence electrons. The minimum Gasteiger partial charge on any atom is -0.366 e. The van der Waals surface area contributed by atoms with E-state index in [-0.39, 0.29) is 5.56 Å². The van der Waals surface area contributed by atoms with Crippen molar-refractivity contribution in [3.8, 4) is 11.4 Å². The van der Waals surface area contributed by atoms with Gasteiger partial charge in [-0.05, 0) is 42.5 Å². The molecular formula is C20H15N3O2. The number of nitrogens with two attached hydrogens (primary N) is 1. The van der Waals surface area contributed by atoms with Crippen molar-refractivity contribution in [3.05, 3.63) is 94.8 Å². The molecule has 0 saturated heterocycles. The van der Waals surface area contributed by atoms with E-state index in [1.54, 1.807) is 22.9 Å². The zero-order chi connectivity index (χ0) is 17.4. The third kappa shape index (κ3) is 2.42. The lowest BCUT2D eigenvalue weighted by molar-refractivity contribution is 0.100. The van der Waals surface area contributed by atoms with Gasteiger partial charge in [0, 0.05) is 5.56 Å². The van der Waals surface area contributed by atoms with E-state index in [1.807, 2.05) is 65.3 Å². The van der Waals surface area contributed by atoms with Gasteiger partial charge in [0.25, 0.3) is 5.56 Å². The van der Waals surface area contributed by atoms with Gasteiger partial charge in [0.05, 0.1) is 22.3 Å². The van der Waals surface area contributed by atoms with Crippen molar-refractivity contribution in [2.75, 3.05) is 0 Å². The van der Waals surface area contributed by atoms with E-state index >= 15 is 0 Å². The number of rotatable bonds is 3. The maximum Gasteiger partial charge on any atom is 0.279 e. The van der Waals surface area contributed by atoms with Gasteiger partial charge in [-0.1, -0.05) is 36.4 Å². The van der Waals surface area contributed by atoms with Crippen LogP contribution in [-0.2, 0) is 0 Å². The fourth-order valence-corrected chi connectivity index (χ4v) is 2.98. The van der Waals surface area contributed by atoms with E-state index in [2.05, 4.69) is 0 Å². The van der Waals surface area contributed by atoms with Gasteiger partial charge in [0.1, 0.15) is 0 Å². The first-order valence-corrected chi connectivity index (χ1v) is 7.85. The van der Waals surface area contributed by atoms with Crippen molar-refractivity contribution >= 4 is 16.8 Å². The quantitative estimate of drug-likeness (QED) is 0.628. The van der Waals surface area contributed by atoms with Gasteiger partial charge in [0.2, 0.25) is 5.91 Å². The molecule has 3 aromatic carbocycles. The number of hydrogen-bond acceptors (Lipinski definition) is 2. The highest BCUT2D eigenvalue weighted by Crippen LogP contribution is 2.21. The van der Waals surface area contributed by atoms with Crippen LogP contribution in [0.1, 0.15) is 10.4 Å². The van der Waals surface area contributed by atoms with Crippen LogP contribution in [0.25, 0.3) is 22.3 Å². The summed E-state index contributed by atoms with van der Waals surface area (Å²) in [7, 11) is 0. The highest BCUT2D eigenvalue weighted by molar-refractivity contribution is 5.97. The van der Waals surface area contributed by atoms with Gasteiger partial charge in [-0.25, -0.2) is 9.36 Å². The maximum atomic E-state index is 13.1. The normalized spacial score (nSPS) is 10.9. The molecule has 0 spiro atoms. The molecule has 0 saturated carbocycles. The number of para-hydroxylation sites is 2. The molecule has 0 atom stereocenters. The van der Waals surface area contributed by atoms with E-state index < -0.39 is 5.91 Å². The second-order valence-electron chi connectivity index (χ2n) is 5.70. The highest BCUT2D eigenvalue weighted by Gasteiger charge is 2.17. The highest BCUT2D eigenvalue weighted by atomic mass is 16.1. The molecular weight excluding hydrogens is 314 g/mol. The summed E-state index contributed by atoms with van der Waals surface area (Å²) in [6.07, 6.45) is 0. The number of benzene rings is 3. The summed E-state index contributed by atoms with van der Waals surface area (Å²) in [5, 5.41) is 0.448. The molecule has 0 unspecified atom stereocenters. The van der Waals surface area contributed by atoms with Crippen LogP contribution in [0.15, 0.2) is 83.7 Å². The Balaban J connectivity index is 2.14. The van der Waals surface area contributed by atoms with Gasteiger partial charge in [-0.3, -0.25) is 9.59 Å². The first-order chi connectivity index (χ1) is 12.2. The molecule has 4 aromatic rings. The number of primary amides is 1. The molecule has 0 aliphatic heterocycles. The van der Waals surface area contributed by atoms with Gasteiger partial charge in [-0.2, -0.15) is 0 Å². The SMILES string of the molecule is NC(=O)c1ccc2c(c1)c(=O)n(-c1ccccc1)n2-c1ccccc1. The molecule has 1 heterocycles. The van der Waals surface area contributed by atoms with Gasteiger partial charge < -0.3 is 5.73 Å². The summed E-state index contributed by atoms with van der Waals surface area (Å²) in [4.78, 5) is 24.6. The van der Waals surface area contributed by atoms with Crippen LogP contribution in [0.3, 0.4) is 0 Å². The molecule has 1 amide bonds. The van der Waals surface area contributed by atoms with Crippen LogP contribution < -0.4 is 11.3 Å². The van der Waals surface area contributed by atoms with Crippen LogP contribution in [0, 0.1) is 0 Å². The molecule has 0 aliphatic carbocycles. The van der Waals surface area contributed by atoms with Crippen molar-refractivity contribution in [2.45, 2.75) is 0 Å². The van der Waals surface area contributed by atoms with Crippen LogP contribution >= 0.6 is 0 Å². The molecule has 4 rings (SSSR count). The Labute approximate surface area is 143 Å². The van der Waals surface area contributed by atoms with Gasteiger partial charge in [0.15, 0.2) is 0 Å². The molecule has 0 bridgehead atoms. The summed E-state index contributed by atoms with van der Waals surface area (Å²) in [6, 6.07) is 24.0. The minimum atomic E-state index is -0.556. The van der Waals surface area contributed by atoms with Crippen molar-refractivity contribution in [3.63, 3.8) is 0 Å². The molecule has 2 N–H and O–H groups in total. The average molecular weight is 329 g/mol. The number of carbonyl (C=O) groups excluding carboxylic acids is 1. The summed E-state index contributed by atoms with van der Waals surface area (Å²) in [6.45, 7) is 0. The molecule has 0 radical (unpaired) electrons. The van der Waals surface area contributed by atoms with Gasteiger partial charge >= 0.3 is 0 Å². The number of carbonyl (C=O) groups is 1. The summed E-state index contributed by atoms with van der Waals surface area (Å²) >= 11 is 0. The topological polar surface area (TPSA) is 70.0 Å². The standard InChI is InChI=1S/C20H15N3O2/c21-19(24)14-11-12-18-17(13-14)20(25)23(16-9-5-2-6-10-16)22(18)15-7-3-1-4-8-15/h1-13H,(H2,21,24). The van der Waals surface area contributed by atoms with E-state index in [4.69, 9.17) is 5.73 Å². The number of amides is 1. The van der Waals surface area contributed by atoms with Crippen molar-refractivity contribution in [1.82, 2.24) is 9.36 Å². The Kier molecular flexibility index (Phi) is 3.47. The lowest BCUT2D eigenvalue weighted by Crippen LogP contribution is -2.20. The third-order valence-electron chi connectivity index (χ3n) is 4.13. The molecule has 5 heteroatoms. The Bertz CT molecular complexity index is 1130. The predicted molar refractivity (Wildman–Crippen MR) is 97.4 cm³/mol. The fourth-order valence-electron chi connectivity index (χ4n) is 2.98. The van der Waals surface area contributed by atoms with Crippen molar-refractivity contribution < 1.29 is 4.79 Å². The lowest BCUT2D eigenvalue weighted by atomic mass is 10.1. The Morgan fingerprint density at radius 2 is 1.32 bits per heavy atom. The summed E-state index contributed by atoms with van der Waals surface area (Å²) in [5.41, 5.74) is 7.79. The predicted octanol–water partition coefficient (Wildman–Crippen LogP) is 2.88. The van der Waals surface area contributed by atoms with Crippen molar-refractivity contribution in [1.29, 1.82) is 0 Å². The molecule has 0 fully saturated rings. The van der Waals surface area contributed by atoms with Crippen LogP contribution in [0.5, 0.6) is 0 Å². The monoisotopic (exact) mass is 329 g/mol.